The van der Waals surface area contributed by atoms with E-state index >= 15 is 0 Å². The Hall–Kier alpha value is -2.37. The molecule has 1 aliphatic rings. The summed E-state index contributed by atoms with van der Waals surface area (Å²) in [6.07, 6.45) is 4.56. The number of hydrogen-bond acceptors (Lipinski definition) is 3. The minimum absolute atomic E-state index is 0.255. The molecule has 6 heteroatoms. The van der Waals surface area contributed by atoms with Crippen LogP contribution in [0, 0.1) is 11.7 Å². The van der Waals surface area contributed by atoms with E-state index in [1.165, 1.54) is 18.2 Å². The van der Waals surface area contributed by atoms with Gasteiger partial charge in [0.2, 0.25) is 5.91 Å². The van der Waals surface area contributed by atoms with Crippen LogP contribution in [-0.4, -0.2) is 29.7 Å². The summed E-state index contributed by atoms with van der Waals surface area (Å²) in [5, 5.41) is 5.73. The Balaban J connectivity index is 1.92. The molecule has 1 atom stereocenters. The third-order valence-electron chi connectivity index (χ3n) is 4.18. The number of nitrogens with one attached hydrogen (secondary N) is 2. The number of carbonyl (C=O) groups is 2. The maximum absolute atomic E-state index is 12.9. The molecule has 1 fully saturated rings. The summed E-state index contributed by atoms with van der Waals surface area (Å²) in [5.41, 5.74) is -0.371. The van der Waals surface area contributed by atoms with Crippen molar-refractivity contribution in [2.24, 2.45) is 5.92 Å². The maximum atomic E-state index is 12.9. The zero-order valence-electron chi connectivity index (χ0n) is 15.8. The molecule has 0 heterocycles. The van der Waals surface area contributed by atoms with E-state index in [9.17, 15) is 14.0 Å². The first-order valence-electron chi connectivity index (χ1n) is 8.80. The average Bonchev–Trinajstić information content (AvgIpc) is 3.36. The van der Waals surface area contributed by atoms with Crippen molar-refractivity contribution in [3.63, 3.8) is 0 Å². The highest BCUT2D eigenvalue weighted by molar-refractivity contribution is 5.92. The van der Waals surface area contributed by atoms with Crippen LogP contribution in [0.4, 0.5) is 9.18 Å². The Bertz CT molecular complexity index is 675. The Labute approximate surface area is 154 Å². The van der Waals surface area contributed by atoms with Crippen molar-refractivity contribution in [3.05, 3.63) is 41.7 Å². The second-order valence-electron chi connectivity index (χ2n) is 7.92. The summed E-state index contributed by atoms with van der Waals surface area (Å²) in [6.45, 7) is 7.62. The molecule has 2 amide bonds. The van der Waals surface area contributed by atoms with Crippen LogP contribution in [0.3, 0.4) is 0 Å². The molecule has 1 unspecified atom stereocenters. The lowest BCUT2D eigenvalue weighted by Crippen LogP contribution is -2.55. The number of halogens is 1. The summed E-state index contributed by atoms with van der Waals surface area (Å²) in [6, 6.07) is 5.89. The van der Waals surface area contributed by atoms with E-state index in [1.807, 2.05) is 6.92 Å². The van der Waals surface area contributed by atoms with Crippen molar-refractivity contribution in [2.45, 2.75) is 51.7 Å². The number of rotatable bonds is 6. The molecule has 5 nitrogen and oxygen atoms in total. The van der Waals surface area contributed by atoms with Crippen LogP contribution in [0.25, 0.3) is 6.08 Å². The van der Waals surface area contributed by atoms with Gasteiger partial charge in [0.25, 0.3) is 0 Å². The van der Waals surface area contributed by atoms with Gasteiger partial charge in [-0.3, -0.25) is 4.79 Å². The molecule has 2 N–H and O–H groups in total. The van der Waals surface area contributed by atoms with Crippen LogP contribution >= 0.6 is 0 Å². The molecule has 1 aliphatic carbocycles. The molecule has 0 spiro atoms. The van der Waals surface area contributed by atoms with Gasteiger partial charge in [-0.2, -0.15) is 0 Å². The Morgan fingerprint density at radius 1 is 1.19 bits per heavy atom. The van der Waals surface area contributed by atoms with Gasteiger partial charge in [0, 0.05) is 12.6 Å². The maximum Gasteiger partial charge on any atom is 0.407 e. The largest absolute Gasteiger partial charge is 0.444 e. The zero-order chi connectivity index (χ0) is 19.4. The van der Waals surface area contributed by atoms with Crippen molar-refractivity contribution >= 4 is 18.1 Å². The molecule has 1 aromatic carbocycles. The fourth-order valence-electron chi connectivity index (χ4n) is 2.65. The predicted molar refractivity (Wildman–Crippen MR) is 98.9 cm³/mol. The van der Waals surface area contributed by atoms with Crippen molar-refractivity contribution in [2.75, 3.05) is 6.54 Å². The lowest BCUT2D eigenvalue weighted by atomic mass is 9.95. The second-order valence-corrected chi connectivity index (χ2v) is 7.92. The van der Waals surface area contributed by atoms with E-state index < -0.39 is 17.2 Å². The molecule has 26 heavy (non-hydrogen) atoms. The predicted octanol–water partition coefficient (Wildman–Crippen LogP) is 3.65. The van der Waals surface area contributed by atoms with Crippen LogP contribution in [0.1, 0.15) is 46.1 Å². The van der Waals surface area contributed by atoms with E-state index in [1.54, 1.807) is 39.0 Å². The number of amides is 2. The number of alkyl carbamates (subject to hydrolysis) is 1. The van der Waals surface area contributed by atoms with Gasteiger partial charge >= 0.3 is 6.09 Å². The van der Waals surface area contributed by atoms with Crippen molar-refractivity contribution in [3.8, 4) is 0 Å². The Kier molecular flexibility index (Phi) is 6.05. The summed E-state index contributed by atoms with van der Waals surface area (Å²) in [7, 11) is 0. The number of hydrogen-bond donors (Lipinski definition) is 2. The van der Waals surface area contributed by atoms with Gasteiger partial charge in [-0.05, 0) is 70.2 Å². The molecule has 0 bridgehead atoms. The summed E-state index contributed by atoms with van der Waals surface area (Å²) in [5.74, 6) is -0.253. The first-order valence-corrected chi connectivity index (χ1v) is 8.80. The average molecular weight is 362 g/mol. The minimum Gasteiger partial charge on any atom is -0.444 e. The van der Waals surface area contributed by atoms with E-state index in [2.05, 4.69) is 10.6 Å². The molecule has 1 aromatic rings. The number of benzene rings is 1. The lowest BCUT2D eigenvalue weighted by molar-refractivity contribution is -0.118. The summed E-state index contributed by atoms with van der Waals surface area (Å²) >= 11 is 0. The highest BCUT2D eigenvalue weighted by Gasteiger charge is 2.42. The van der Waals surface area contributed by atoms with E-state index in [4.69, 9.17) is 4.74 Å². The highest BCUT2D eigenvalue weighted by atomic mass is 19.1. The SMILES string of the molecule is CC(C)(C)OC(=O)NCC(C)(NC(=O)C=Cc1ccc(F)cc1)C1CC1. The van der Waals surface area contributed by atoms with E-state index in [0.29, 0.717) is 12.5 Å². The van der Waals surface area contributed by atoms with E-state index in [0.717, 1.165) is 18.4 Å². The molecule has 0 aromatic heterocycles. The van der Waals surface area contributed by atoms with Gasteiger partial charge in [0.1, 0.15) is 11.4 Å². The molecule has 0 radical (unpaired) electrons. The van der Waals surface area contributed by atoms with Crippen LogP contribution in [0.5, 0.6) is 0 Å². The Morgan fingerprint density at radius 3 is 2.35 bits per heavy atom. The third kappa shape index (κ3) is 6.50. The van der Waals surface area contributed by atoms with E-state index in [-0.39, 0.29) is 11.7 Å². The van der Waals surface area contributed by atoms with Gasteiger partial charge in [0.15, 0.2) is 0 Å². The van der Waals surface area contributed by atoms with Gasteiger partial charge in [-0.25, -0.2) is 9.18 Å². The molecule has 0 saturated heterocycles. The van der Waals surface area contributed by atoms with Crippen molar-refractivity contribution < 1.29 is 18.7 Å². The summed E-state index contributed by atoms with van der Waals surface area (Å²) < 4.78 is 18.2. The van der Waals surface area contributed by atoms with Crippen LogP contribution in [0.2, 0.25) is 0 Å². The first kappa shape index (κ1) is 19.9. The number of carbonyl (C=O) groups excluding carboxylic acids is 2. The monoisotopic (exact) mass is 362 g/mol. The molecular weight excluding hydrogens is 335 g/mol. The fraction of sp³-hybridized carbons (Fsp3) is 0.500. The molecule has 1 saturated carbocycles. The molecule has 0 aliphatic heterocycles. The quantitative estimate of drug-likeness (QED) is 0.759. The zero-order valence-corrected chi connectivity index (χ0v) is 15.8. The second kappa shape index (κ2) is 7.89. The van der Waals surface area contributed by atoms with Crippen LogP contribution in [0.15, 0.2) is 30.3 Å². The first-order chi connectivity index (χ1) is 12.1. The smallest absolute Gasteiger partial charge is 0.407 e. The molecule has 2 rings (SSSR count). The molecule has 142 valence electrons. The normalized spacial score (nSPS) is 16.8. The summed E-state index contributed by atoms with van der Waals surface area (Å²) in [4.78, 5) is 24.2. The van der Waals surface area contributed by atoms with Crippen LogP contribution in [-0.2, 0) is 9.53 Å². The van der Waals surface area contributed by atoms with Gasteiger partial charge in [-0.1, -0.05) is 12.1 Å². The highest BCUT2D eigenvalue weighted by Crippen LogP contribution is 2.39. The van der Waals surface area contributed by atoms with Gasteiger partial charge in [-0.15, -0.1) is 0 Å². The van der Waals surface area contributed by atoms with Crippen LogP contribution < -0.4 is 10.6 Å². The van der Waals surface area contributed by atoms with Gasteiger partial charge < -0.3 is 15.4 Å². The standard InChI is InChI=1S/C20H27FN2O3/c1-19(2,3)26-18(25)22-13-20(4,15-8-9-15)23-17(24)12-7-14-5-10-16(21)11-6-14/h5-7,10-12,15H,8-9,13H2,1-4H3,(H,22,25)(H,23,24). The third-order valence-corrected chi connectivity index (χ3v) is 4.18. The van der Waals surface area contributed by atoms with Gasteiger partial charge in [0.05, 0.1) is 5.54 Å². The fourth-order valence-corrected chi connectivity index (χ4v) is 2.65. The lowest BCUT2D eigenvalue weighted by Gasteiger charge is -2.31. The molecular formula is C20H27FN2O3. The number of ether oxygens (including phenoxy) is 1. The topological polar surface area (TPSA) is 67.4 Å². The minimum atomic E-state index is -0.568. The Morgan fingerprint density at radius 2 is 1.81 bits per heavy atom. The van der Waals surface area contributed by atoms with Crippen molar-refractivity contribution in [1.29, 1.82) is 0 Å². The van der Waals surface area contributed by atoms with Crippen molar-refractivity contribution in [1.82, 2.24) is 10.6 Å².